The molecule has 7 heteroatoms. The fraction of sp³-hybridized carbons (Fsp3) is 0.278. The van der Waals surface area contributed by atoms with E-state index in [2.05, 4.69) is 47.2 Å². The number of pyridine rings is 1. The van der Waals surface area contributed by atoms with E-state index >= 15 is 0 Å². The molecule has 0 saturated carbocycles. The number of carbonyl (C=O) groups is 2. The van der Waals surface area contributed by atoms with E-state index in [1.165, 1.54) is 5.39 Å². The molecule has 0 bridgehead atoms. The molecule has 2 aromatic rings. The summed E-state index contributed by atoms with van der Waals surface area (Å²) in [5.41, 5.74) is 1.09. The zero-order chi connectivity index (χ0) is 18.2. The van der Waals surface area contributed by atoms with Crippen molar-refractivity contribution in [2.45, 2.75) is 0 Å². The molecule has 1 aromatic heterocycles. The Hall–Kier alpha value is -2.93. The van der Waals surface area contributed by atoms with Crippen LogP contribution in [0.25, 0.3) is 10.9 Å². The molecule has 0 amide bonds. The summed E-state index contributed by atoms with van der Waals surface area (Å²) >= 11 is 0. The van der Waals surface area contributed by atoms with Gasteiger partial charge in [-0.15, -0.1) is 0 Å². The number of aromatic nitrogens is 1. The molecule has 132 valence electrons. The molecule has 1 aliphatic rings. The highest BCUT2D eigenvalue weighted by atomic mass is 16.4. The van der Waals surface area contributed by atoms with Gasteiger partial charge in [0.25, 0.3) is 0 Å². The van der Waals surface area contributed by atoms with Crippen molar-refractivity contribution in [3.8, 4) is 0 Å². The first-order valence-electron chi connectivity index (χ1n) is 7.89. The Labute approximate surface area is 145 Å². The molecule has 2 N–H and O–H groups in total. The molecule has 0 unspecified atom stereocenters. The van der Waals surface area contributed by atoms with Gasteiger partial charge in [-0.2, -0.15) is 0 Å². The van der Waals surface area contributed by atoms with Crippen molar-refractivity contribution in [3.05, 3.63) is 48.6 Å². The van der Waals surface area contributed by atoms with Crippen molar-refractivity contribution < 1.29 is 19.8 Å². The van der Waals surface area contributed by atoms with E-state index in [9.17, 15) is 9.59 Å². The van der Waals surface area contributed by atoms with E-state index < -0.39 is 11.9 Å². The summed E-state index contributed by atoms with van der Waals surface area (Å²) in [6.07, 6.45) is 1.12. The highest BCUT2D eigenvalue weighted by Gasteiger charge is 2.15. The summed E-state index contributed by atoms with van der Waals surface area (Å²) in [7, 11) is 2.17. The Balaban J connectivity index is 0.000000242. The second kappa shape index (κ2) is 8.79. The van der Waals surface area contributed by atoms with E-state index in [4.69, 9.17) is 15.2 Å². The number of anilines is 1. The van der Waals surface area contributed by atoms with E-state index in [0.29, 0.717) is 12.2 Å². The van der Waals surface area contributed by atoms with Gasteiger partial charge in [0.2, 0.25) is 0 Å². The van der Waals surface area contributed by atoms with Crippen molar-refractivity contribution in [1.29, 1.82) is 0 Å². The van der Waals surface area contributed by atoms with Gasteiger partial charge in [0, 0.05) is 43.7 Å². The fourth-order valence-electron chi connectivity index (χ4n) is 2.41. The smallest absolute Gasteiger partial charge is 0.328 e. The summed E-state index contributed by atoms with van der Waals surface area (Å²) in [4.78, 5) is 28.6. The maximum Gasteiger partial charge on any atom is 0.328 e. The number of fused-ring (bicyclic) bond motifs is 1. The molecular weight excluding hydrogens is 322 g/mol. The largest absolute Gasteiger partial charge is 0.478 e. The second-order valence-electron chi connectivity index (χ2n) is 5.66. The predicted octanol–water partition coefficient (Wildman–Crippen LogP) is 1.70. The van der Waals surface area contributed by atoms with Crippen LogP contribution in [0.3, 0.4) is 0 Å². The molecule has 0 atom stereocenters. The Morgan fingerprint density at radius 1 is 0.960 bits per heavy atom. The molecule has 2 heterocycles. The minimum absolute atomic E-state index is 0.558. The molecule has 3 rings (SSSR count). The third-order valence-corrected chi connectivity index (χ3v) is 3.78. The van der Waals surface area contributed by atoms with Gasteiger partial charge < -0.3 is 20.0 Å². The summed E-state index contributed by atoms with van der Waals surface area (Å²) in [6, 6.07) is 12.6. The first-order chi connectivity index (χ1) is 12.0. The van der Waals surface area contributed by atoms with Gasteiger partial charge in [0.15, 0.2) is 0 Å². The van der Waals surface area contributed by atoms with Crippen LogP contribution in [0.1, 0.15) is 0 Å². The average Bonchev–Trinajstić information content (AvgIpc) is 2.61. The number of nitrogens with zero attached hydrogens (tertiary/aromatic N) is 3. The summed E-state index contributed by atoms with van der Waals surface area (Å²) < 4.78 is 0. The van der Waals surface area contributed by atoms with Crippen molar-refractivity contribution in [2.24, 2.45) is 0 Å². The Morgan fingerprint density at radius 3 is 2.16 bits per heavy atom. The lowest BCUT2D eigenvalue weighted by molar-refractivity contribution is -0.134. The van der Waals surface area contributed by atoms with Crippen molar-refractivity contribution in [1.82, 2.24) is 9.88 Å². The SMILES string of the molecule is CN1CCN(c2ccc3ccccc3n2)CC1.O=C(O)/C=C\C(=O)O. The number of hydrogen-bond donors (Lipinski definition) is 2. The van der Waals surface area contributed by atoms with Crippen molar-refractivity contribution in [2.75, 3.05) is 38.1 Å². The number of aliphatic carboxylic acids is 2. The van der Waals surface area contributed by atoms with E-state index in [1.807, 2.05) is 6.07 Å². The fourth-order valence-corrected chi connectivity index (χ4v) is 2.41. The van der Waals surface area contributed by atoms with Gasteiger partial charge >= 0.3 is 11.9 Å². The van der Waals surface area contributed by atoms with E-state index in [-0.39, 0.29) is 0 Å². The van der Waals surface area contributed by atoms with Gasteiger partial charge in [-0.25, -0.2) is 14.6 Å². The van der Waals surface area contributed by atoms with Gasteiger partial charge in [0.1, 0.15) is 5.82 Å². The monoisotopic (exact) mass is 343 g/mol. The summed E-state index contributed by atoms with van der Waals surface area (Å²) in [6.45, 7) is 4.38. The standard InChI is InChI=1S/C14H17N3.C4H4O4/c1-16-8-10-17(11-9-16)14-7-6-12-4-2-3-5-13(12)15-14;5-3(6)1-2-4(7)8/h2-7H,8-11H2,1H3;1-2H,(H,5,6)(H,7,8)/b;2-1-. The van der Waals surface area contributed by atoms with Gasteiger partial charge in [0.05, 0.1) is 5.52 Å². The summed E-state index contributed by atoms with van der Waals surface area (Å²) in [5, 5.41) is 16.8. The highest BCUT2D eigenvalue weighted by Crippen LogP contribution is 2.18. The quantitative estimate of drug-likeness (QED) is 0.819. The zero-order valence-electron chi connectivity index (χ0n) is 14.0. The van der Waals surface area contributed by atoms with E-state index in [1.54, 1.807) is 0 Å². The van der Waals surface area contributed by atoms with Gasteiger partial charge in [-0.05, 0) is 25.2 Å². The first kappa shape index (κ1) is 18.4. The lowest BCUT2D eigenvalue weighted by atomic mass is 10.2. The van der Waals surface area contributed by atoms with Crippen LogP contribution in [-0.4, -0.2) is 65.3 Å². The van der Waals surface area contributed by atoms with Crippen LogP contribution in [0.5, 0.6) is 0 Å². The number of hydrogen-bond acceptors (Lipinski definition) is 5. The number of benzene rings is 1. The van der Waals surface area contributed by atoms with Crippen LogP contribution in [-0.2, 0) is 9.59 Å². The normalized spacial score (nSPS) is 15.0. The number of rotatable bonds is 3. The maximum absolute atomic E-state index is 9.55. The number of piperazine rings is 1. The Kier molecular flexibility index (Phi) is 6.47. The molecule has 0 aliphatic carbocycles. The first-order valence-corrected chi connectivity index (χ1v) is 7.89. The third-order valence-electron chi connectivity index (χ3n) is 3.78. The molecule has 0 spiro atoms. The second-order valence-corrected chi connectivity index (χ2v) is 5.66. The molecule has 1 saturated heterocycles. The van der Waals surface area contributed by atoms with Gasteiger partial charge in [-0.1, -0.05) is 18.2 Å². The van der Waals surface area contributed by atoms with Crippen LogP contribution < -0.4 is 4.90 Å². The van der Waals surface area contributed by atoms with Crippen molar-refractivity contribution >= 4 is 28.7 Å². The average molecular weight is 343 g/mol. The molecule has 0 radical (unpaired) electrons. The number of likely N-dealkylation sites (N-methyl/N-ethyl adjacent to an activating group) is 1. The van der Waals surface area contributed by atoms with Crippen molar-refractivity contribution in [3.63, 3.8) is 0 Å². The van der Waals surface area contributed by atoms with Crippen LogP contribution >= 0.6 is 0 Å². The molecule has 1 aliphatic heterocycles. The van der Waals surface area contributed by atoms with Crippen LogP contribution in [0.2, 0.25) is 0 Å². The Bertz CT molecular complexity index is 752. The molecule has 1 aromatic carbocycles. The minimum Gasteiger partial charge on any atom is -0.478 e. The predicted molar refractivity (Wildman–Crippen MR) is 95.9 cm³/mol. The van der Waals surface area contributed by atoms with Crippen LogP contribution in [0, 0.1) is 0 Å². The molecule has 7 nitrogen and oxygen atoms in total. The number of carboxylic acids is 2. The van der Waals surface area contributed by atoms with Gasteiger partial charge in [-0.3, -0.25) is 0 Å². The number of para-hydroxylation sites is 1. The third kappa shape index (κ3) is 5.89. The molecular formula is C18H21N3O4. The number of carboxylic acid groups (broad SMARTS) is 2. The lowest BCUT2D eigenvalue weighted by Crippen LogP contribution is -2.44. The lowest BCUT2D eigenvalue weighted by Gasteiger charge is -2.33. The Morgan fingerprint density at radius 2 is 1.56 bits per heavy atom. The zero-order valence-corrected chi connectivity index (χ0v) is 14.0. The molecule has 1 fully saturated rings. The molecule has 25 heavy (non-hydrogen) atoms. The van der Waals surface area contributed by atoms with Crippen LogP contribution in [0.4, 0.5) is 5.82 Å². The topological polar surface area (TPSA) is 94.0 Å². The maximum atomic E-state index is 9.55. The highest BCUT2D eigenvalue weighted by molar-refractivity contribution is 5.89. The minimum atomic E-state index is -1.26. The van der Waals surface area contributed by atoms with E-state index in [0.717, 1.165) is 37.5 Å². The summed E-state index contributed by atoms with van der Waals surface area (Å²) in [5.74, 6) is -1.41. The van der Waals surface area contributed by atoms with Crippen LogP contribution in [0.15, 0.2) is 48.6 Å².